The van der Waals surface area contributed by atoms with Crippen LogP contribution in [-0.4, -0.2) is 60.3 Å². The SMILES string of the molecule is CNS(=O)(=O)c1cccc(C(=O)O[C@@H](C)C(=O)Nc2cccc(S(=O)(=O)N(C)C)c2)c1. The van der Waals surface area contributed by atoms with E-state index >= 15 is 0 Å². The normalized spacial score (nSPS) is 12.9. The van der Waals surface area contributed by atoms with E-state index in [1.165, 1.54) is 70.5 Å². The zero-order valence-corrected chi connectivity index (χ0v) is 19.0. The Morgan fingerprint density at radius 1 is 0.968 bits per heavy atom. The monoisotopic (exact) mass is 469 g/mol. The van der Waals surface area contributed by atoms with Crippen LogP contribution >= 0.6 is 0 Å². The van der Waals surface area contributed by atoms with E-state index in [0.29, 0.717) is 0 Å². The largest absolute Gasteiger partial charge is 0.449 e. The lowest BCUT2D eigenvalue weighted by atomic mass is 10.2. The van der Waals surface area contributed by atoms with Crippen molar-refractivity contribution in [1.29, 1.82) is 0 Å². The molecule has 1 amide bonds. The van der Waals surface area contributed by atoms with Crippen molar-refractivity contribution in [2.75, 3.05) is 26.5 Å². The van der Waals surface area contributed by atoms with Crippen LogP contribution in [0.3, 0.4) is 0 Å². The second-order valence-corrected chi connectivity index (χ2v) is 10.6. The average Bonchev–Trinajstić information content (AvgIpc) is 2.73. The van der Waals surface area contributed by atoms with Crippen LogP contribution in [0.25, 0.3) is 0 Å². The molecule has 168 valence electrons. The predicted molar refractivity (Wildman–Crippen MR) is 114 cm³/mol. The summed E-state index contributed by atoms with van der Waals surface area (Å²) in [6.45, 7) is 1.34. The second kappa shape index (κ2) is 9.56. The minimum atomic E-state index is -3.75. The van der Waals surface area contributed by atoms with Crippen LogP contribution in [0.5, 0.6) is 0 Å². The molecule has 0 heterocycles. The fraction of sp³-hybridized carbons (Fsp3) is 0.263. The highest BCUT2D eigenvalue weighted by Gasteiger charge is 2.22. The van der Waals surface area contributed by atoms with Gasteiger partial charge in [0.25, 0.3) is 5.91 Å². The molecule has 0 fully saturated rings. The number of rotatable bonds is 8. The molecule has 12 heteroatoms. The molecule has 0 aliphatic rings. The number of amides is 1. The molecule has 2 rings (SSSR count). The number of carbonyl (C=O) groups excluding carboxylic acids is 2. The third-order valence-corrected chi connectivity index (χ3v) is 7.41. The maximum Gasteiger partial charge on any atom is 0.338 e. The Labute approximate surface area is 181 Å². The Balaban J connectivity index is 2.12. The number of sulfonamides is 2. The molecule has 0 unspecified atom stereocenters. The van der Waals surface area contributed by atoms with Gasteiger partial charge < -0.3 is 10.1 Å². The van der Waals surface area contributed by atoms with Crippen LogP contribution < -0.4 is 10.0 Å². The highest BCUT2D eigenvalue weighted by molar-refractivity contribution is 7.89. The van der Waals surface area contributed by atoms with Crippen LogP contribution in [0.4, 0.5) is 5.69 Å². The van der Waals surface area contributed by atoms with Crippen molar-refractivity contribution in [2.24, 2.45) is 0 Å². The summed E-state index contributed by atoms with van der Waals surface area (Å²) < 4.78 is 56.5. The van der Waals surface area contributed by atoms with Gasteiger partial charge in [-0.1, -0.05) is 12.1 Å². The minimum Gasteiger partial charge on any atom is -0.449 e. The molecule has 0 radical (unpaired) electrons. The number of nitrogens with zero attached hydrogens (tertiary/aromatic N) is 1. The van der Waals surface area contributed by atoms with Crippen molar-refractivity contribution >= 4 is 37.6 Å². The number of ether oxygens (including phenoxy) is 1. The molecule has 0 saturated heterocycles. The molecular formula is C19H23N3O7S2. The number of nitrogens with one attached hydrogen (secondary N) is 2. The number of esters is 1. The first-order chi connectivity index (χ1) is 14.4. The topological polar surface area (TPSA) is 139 Å². The zero-order valence-electron chi connectivity index (χ0n) is 17.3. The number of hydrogen-bond donors (Lipinski definition) is 2. The number of hydrogen-bond acceptors (Lipinski definition) is 7. The third-order valence-electron chi connectivity index (χ3n) is 4.18. The van der Waals surface area contributed by atoms with Gasteiger partial charge in [0, 0.05) is 19.8 Å². The average molecular weight is 470 g/mol. The standard InChI is InChI=1S/C19H23N3O7S2/c1-13(29-19(24)14-7-5-9-16(11-14)30(25,26)20-2)18(23)21-15-8-6-10-17(12-15)31(27,28)22(3)4/h5-13,20H,1-4H3,(H,21,23)/t13-/m0/s1. The van der Waals surface area contributed by atoms with E-state index in [1.54, 1.807) is 0 Å². The van der Waals surface area contributed by atoms with Gasteiger partial charge in [-0.25, -0.2) is 30.7 Å². The van der Waals surface area contributed by atoms with Crippen molar-refractivity contribution in [2.45, 2.75) is 22.8 Å². The van der Waals surface area contributed by atoms with Gasteiger partial charge in [0.1, 0.15) is 0 Å². The van der Waals surface area contributed by atoms with Gasteiger partial charge in [-0.2, -0.15) is 0 Å². The number of benzene rings is 2. The first kappa shape index (κ1) is 24.5. The van der Waals surface area contributed by atoms with Crippen molar-refractivity contribution in [3.05, 3.63) is 54.1 Å². The van der Waals surface area contributed by atoms with Gasteiger partial charge in [-0.3, -0.25) is 4.79 Å². The Hall–Kier alpha value is -2.80. The van der Waals surface area contributed by atoms with Gasteiger partial charge in [-0.15, -0.1) is 0 Å². The fourth-order valence-corrected chi connectivity index (χ4v) is 4.10. The van der Waals surface area contributed by atoms with E-state index in [2.05, 4.69) is 10.0 Å². The molecule has 0 aromatic heterocycles. The molecule has 0 saturated carbocycles. The van der Waals surface area contributed by atoms with Crippen molar-refractivity contribution < 1.29 is 31.2 Å². The molecule has 31 heavy (non-hydrogen) atoms. The van der Waals surface area contributed by atoms with Gasteiger partial charge in [-0.05, 0) is 50.4 Å². The van der Waals surface area contributed by atoms with E-state index in [9.17, 15) is 26.4 Å². The third kappa shape index (κ3) is 5.88. The van der Waals surface area contributed by atoms with Gasteiger partial charge in [0.15, 0.2) is 6.10 Å². The molecular weight excluding hydrogens is 446 g/mol. The zero-order chi connectivity index (χ0) is 23.4. The first-order valence-corrected chi connectivity index (χ1v) is 11.9. The van der Waals surface area contributed by atoms with Crippen molar-refractivity contribution in [1.82, 2.24) is 9.03 Å². The first-order valence-electron chi connectivity index (χ1n) is 8.96. The smallest absolute Gasteiger partial charge is 0.338 e. The lowest BCUT2D eigenvalue weighted by Gasteiger charge is -2.15. The van der Waals surface area contributed by atoms with E-state index in [0.717, 1.165) is 10.4 Å². The van der Waals surface area contributed by atoms with Crippen LogP contribution in [-0.2, 0) is 29.6 Å². The lowest BCUT2D eigenvalue weighted by Crippen LogP contribution is -2.30. The molecule has 2 aromatic rings. The molecule has 0 bridgehead atoms. The van der Waals surface area contributed by atoms with E-state index in [-0.39, 0.29) is 21.0 Å². The lowest BCUT2D eigenvalue weighted by molar-refractivity contribution is -0.123. The Morgan fingerprint density at radius 3 is 2.19 bits per heavy atom. The fourth-order valence-electron chi connectivity index (χ4n) is 2.38. The molecule has 1 atom stereocenters. The van der Waals surface area contributed by atoms with E-state index in [1.807, 2.05) is 0 Å². The minimum absolute atomic E-state index is 0.0116. The summed E-state index contributed by atoms with van der Waals surface area (Å²) in [6, 6.07) is 10.8. The maximum absolute atomic E-state index is 12.4. The van der Waals surface area contributed by atoms with E-state index in [4.69, 9.17) is 4.74 Å². The van der Waals surface area contributed by atoms with Crippen LogP contribution in [0.1, 0.15) is 17.3 Å². The molecule has 2 N–H and O–H groups in total. The molecule has 0 aliphatic carbocycles. The van der Waals surface area contributed by atoms with Gasteiger partial charge in [0.2, 0.25) is 20.0 Å². The Bertz CT molecular complexity index is 1190. The Kier molecular flexibility index (Phi) is 7.54. The van der Waals surface area contributed by atoms with Crippen LogP contribution in [0, 0.1) is 0 Å². The highest BCUT2D eigenvalue weighted by atomic mass is 32.2. The second-order valence-electron chi connectivity index (χ2n) is 6.59. The molecule has 0 aliphatic heterocycles. The Morgan fingerprint density at radius 2 is 1.58 bits per heavy atom. The number of carbonyl (C=O) groups is 2. The summed E-state index contributed by atoms with van der Waals surface area (Å²) in [4.78, 5) is 24.6. The maximum atomic E-state index is 12.4. The van der Waals surface area contributed by atoms with Gasteiger partial charge in [0.05, 0.1) is 15.4 Å². The van der Waals surface area contributed by atoms with Crippen molar-refractivity contribution in [3.8, 4) is 0 Å². The van der Waals surface area contributed by atoms with Crippen molar-refractivity contribution in [3.63, 3.8) is 0 Å². The summed E-state index contributed by atoms with van der Waals surface area (Å²) in [5.74, 6) is -1.58. The summed E-state index contributed by atoms with van der Waals surface area (Å²) in [7, 11) is -3.42. The van der Waals surface area contributed by atoms with Gasteiger partial charge >= 0.3 is 5.97 Å². The predicted octanol–water partition coefficient (Wildman–Crippen LogP) is 1.03. The van der Waals surface area contributed by atoms with E-state index < -0.39 is 38.0 Å². The quantitative estimate of drug-likeness (QED) is 0.551. The molecule has 10 nitrogen and oxygen atoms in total. The molecule has 2 aromatic carbocycles. The summed E-state index contributed by atoms with van der Waals surface area (Å²) in [5.41, 5.74) is 0.160. The highest BCUT2D eigenvalue weighted by Crippen LogP contribution is 2.19. The summed E-state index contributed by atoms with van der Waals surface area (Å²) >= 11 is 0. The van der Waals surface area contributed by atoms with Crippen LogP contribution in [0.2, 0.25) is 0 Å². The number of anilines is 1. The van der Waals surface area contributed by atoms with Crippen LogP contribution in [0.15, 0.2) is 58.3 Å². The summed E-state index contributed by atoms with van der Waals surface area (Å²) in [6.07, 6.45) is -1.23. The summed E-state index contributed by atoms with van der Waals surface area (Å²) in [5, 5.41) is 2.49. The molecule has 0 spiro atoms.